The Morgan fingerprint density at radius 3 is 2.69 bits per heavy atom. The fourth-order valence-corrected chi connectivity index (χ4v) is 2.37. The Hall–Kier alpha value is -3.52. The lowest BCUT2D eigenvalue weighted by Gasteiger charge is -2.00. The Morgan fingerprint density at radius 2 is 2.00 bits per heavy atom. The highest BCUT2D eigenvalue weighted by Crippen LogP contribution is 2.31. The summed E-state index contributed by atoms with van der Waals surface area (Å²) in [7, 11) is 0. The van der Waals surface area contributed by atoms with Crippen LogP contribution in [0.1, 0.15) is 16.1 Å². The highest BCUT2D eigenvalue weighted by molar-refractivity contribution is 6.33. The topological polar surface area (TPSA) is 111 Å². The van der Waals surface area contributed by atoms with Crippen LogP contribution in [-0.4, -0.2) is 22.0 Å². The molecule has 1 aromatic carbocycles. The SMILES string of the molecule is O=C(N/N=C/c1ccc(-c2ccc([N+](=O)[O-])cc2Cl)o1)c1ccncc1. The molecule has 26 heavy (non-hydrogen) atoms. The van der Waals surface area contributed by atoms with E-state index in [-0.39, 0.29) is 16.6 Å². The van der Waals surface area contributed by atoms with E-state index in [1.807, 2.05) is 0 Å². The van der Waals surface area contributed by atoms with Crippen LogP contribution < -0.4 is 5.43 Å². The maximum atomic E-state index is 11.8. The Bertz CT molecular complexity index is 985. The number of carbonyl (C=O) groups is 1. The predicted octanol–water partition coefficient (Wildman–Crippen LogP) is 3.67. The summed E-state index contributed by atoms with van der Waals surface area (Å²) in [6.45, 7) is 0. The zero-order chi connectivity index (χ0) is 18.5. The molecular weight excluding hydrogens is 360 g/mol. The van der Waals surface area contributed by atoms with E-state index in [1.54, 1.807) is 24.3 Å². The second-order valence-electron chi connectivity index (χ2n) is 5.06. The predicted molar refractivity (Wildman–Crippen MR) is 95.1 cm³/mol. The molecule has 2 aromatic heterocycles. The van der Waals surface area contributed by atoms with E-state index in [1.165, 1.54) is 36.8 Å². The molecule has 9 heteroatoms. The van der Waals surface area contributed by atoms with Gasteiger partial charge >= 0.3 is 0 Å². The van der Waals surface area contributed by atoms with E-state index in [4.69, 9.17) is 16.0 Å². The molecule has 0 aliphatic heterocycles. The van der Waals surface area contributed by atoms with Crippen molar-refractivity contribution in [3.05, 3.63) is 81.3 Å². The fourth-order valence-electron chi connectivity index (χ4n) is 2.11. The fraction of sp³-hybridized carbons (Fsp3) is 0. The van der Waals surface area contributed by atoms with Gasteiger partial charge in [-0.15, -0.1) is 0 Å². The van der Waals surface area contributed by atoms with Crippen LogP contribution in [0.15, 0.2) is 64.4 Å². The van der Waals surface area contributed by atoms with E-state index in [0.717, 1.165) is 0 Å². The zero-order valence-electron chi connectivity index (χ0n) is 13.1. The van der Waals surface area contributed by atoms with Gasteiger partial charge in [0.2, 0.25) is 0 Å². The van der Waals surface area contributed by atoms with Gasteiger partial charge in [0.15, 0.2) is 0 Å². The summed E-state index contributed by atoms with van der Waals surface area (Å²) in [5, 5.41) is 14.8. The summed E-state index contributed by atoms with van der Waals surface area (Å²) < 4.78 is 5.57. The lowest BCUT2D eigenvalue weighted by Crippen LogP contribution is -2.17. The molecule has 1 N–H and O–H groups in total. The van der Waals surface area contributed by atoms with E-state index in [0.29, 0.717) is 22.6 Å². The lowest BCUT2D eigenvalue weighted by atomic mass is 10.1. The van der Waals surface area contributed by atoms with Gasteiger partial charge in [0, 0.05) is 35.7 Å². The van der Waals surface area contributed by atoms with Crippen molar-refractivity contribution in [2.75, 3.05) is 0 Å². The van der Waals surface area contributed by atoms with Crippen molar-refractivity contribution in [2.45, 2.75) is 0 Å². The Balaban J connectivity index is 1.70. The van der Waals surface area contributed by atoms with Crippen LogP contribution in [0.25, 0.3) is 11.3 Å². The number of aromatic nitrogens is 1. The number of furan rings is 1. The first-order valence-electron chi connectivity index (χ1n) is 7.32. The molecule has 8 nitrogen and oxygen atoms in total. The minimum absolute atomic E-state index is 0.106. The minimum atomic E-state index is -0.526. The number of hydrogen-bond acceptors (Lipinski definition) is 6. The van der Waals surface area contributed by atoms with Crippen LogP contribution in [0.3, 0.4) is 0 Å². The first-order chi connectivity index (χ1) is 12.5. The summed E-state index contributed by atoms with van der Waals surface area (Å²) in [5.74, 6) is 0.421. The average molecular weight is 371 g/mol. The summed E-state index contributed by atoms with van der Waals surface area (Å²) >= 11 is 6.07. The minimum Gasteiger partial charge on any atom is -0.455 e. The van der Waals surface area contributed by atoms with Gasteiger partial charge in [-0.1, -0.05) is 11.6 Å². The van der Waals surface area contributed by atoms with Gasteiger partial charge in [0.05, 0.1) is 16.2 Å². The van der Waals surface area contributed by atoms with Crippen molar-refractivity contribution < 1.29 is 14.1 Å². The highest BCUT2D eigenvalue weighted by atomic mass is 35.5. The lowest BCUT2D eigenvalue weighted by molar-refractivity contribution is -0.384. The van der Waals surface area contributed by atoms with Gasteiger partial charge in [0.1, 0.15) is 11.5 Å². The third kappa shape index (κ3) is 3.93. The maximum Gasteiger partial charge on any atom is 0.271 e. The molecule has 1 amide bonds. The smallest absolute Gasteiger partial charge is 0.271 e. The first-order valence-corrected chi connectivity index (χ1v) is 7.70. The average Bonchev–Trinajstić information content (AvgIpc) is 3.10. The highest BCUT2D eigenvalue weighted by Gasteiger charge is 2.13. The molecule has 0 unspecified atom stereocenters. The number of amides is 1. The number of pyridine rings is 1. The number of nitrogens with zero attached hydrogens (tertiary/aromatic N) is 3. The first kappa shape index (κ1) is 17.3. The molecule has 0 bridgehead atoms. The maximum absolute atomic E-state index is 11.8. The second kappa shape index (κ2) is 7.58. The molecule has 2 heterocycles. The zero-order valence-corrected chi connectivity index (χ0v) is 13.9. The normalized spacial score (nSPS) is 10.8. The Kier molecular flexibility index (Phi) is 5.04. The van der Waals surface area contributed by atoms with E-state index in [9.17, 15) is 14.9 Å². The number of nitrogens with one attached hydrogen (secondary N) is 1. The standard InChI is InChI=1S/C17H11ClN4O4/c18-15-9-12(22(24)25)1-3-14(15)16-4-2-13(26-16)10-20-21-17(23)11-5-7-19-8-6-11/h1-10H,(H,21,23)/b20-10+. The molecule has 3 aromatic rings. The monoisotopic (exact) mass is 370 g/mol. The van der Waals surface area contributed by atoms with Gasteiger partial charge in [-0.25, -0.2) is 5.43 Å². The molecule has 130 valence electrons. The van der Waals surface area contributed by atoms with Gasteiger partial charge in [-0.3, -0.25) is 19.9 Å². The number of benzene rings is 1. The number of nitro benzene ring substituents is 1. The van der Waals surface area contributed by atoms with Crippen LogP contribution >= 0.6 is 11.6 Å². The molecular formula is C17H11ClN4O4. The molecule has 3 rings (SSSR count). The quantitative estimate of drug-likeness (QED) is 0.418. The van der Waals surface area contributed by atoms with Crippen molar-refractivity contribution in [1.29, 1.82) is 0 Å². The largest absolute Gasteiger partial charge is 0.455 e. The number of rotatable bonds is 5. The second-order valence-corrected chi connectivity index (χ2v) is 5.47. The molecule has 0 saturated heterocycles. The number of carbonyl (C=O) groups excluding carboxylic acids is 1. The van der Waals surface area contributed by atoms with Crippen molar-refractivity contribution in [3.63, 3.8) is 0 Å². The molecule has 0 atom stereocenters. The van der Waals surface area contributed by atoms with Gasteiger partial charge in [0.25, 0.3) is 11.6 Å². The van der Waals surface area contributed by atoms with Crippen molar-refractivity contribution in [1.82, 2.24) is 10.4 Å². The summed E-state index contributed by atoms with van der Waals surface area (Å²) in [4.78, 5) is 25.9. The Morgan fingerprint density at radius 1 is 1.23 bits per heavy atom. The van der Waals surface area contributed by atoms with Crippen molar-refractivity contribution >= 4 is 29.4 Å². The Labute approximate surface area is 152 Å². The summed E-state index contributed by atoms with van der Waals surface area (Å²) in [5.41, 5.74) is 3.20. The van der Waals surface area contributed by atoms with E-state index < -0.39 is 4.92 Å². The van der Waals surface area contributed by atoms with Crippen LogP contribution in [0.5, 0.6) is 0 Å². The number of non-ortho nitro benzene ring substituents is 1. The molecule has 0 saturated carbocycles. The number of halogens is 1. The van der Waals surface area contributed by atoms with Gasteiger partial charge < -0.3 is 4.42 Å². The third-order valence-corrected chi connectivity index (χ3v) is 3.67. The van der Waals surface area contributed by atoms with E-state index in [2.05, 4.69) is 15.5 Å². The van der Waals surface area contributed by atoms with Crippen LogP contribution in [-0.2, 0) is 0 Å². The number of nitro groups is 1. The molecule has 0 aliphatic rings. The molecule has 0 spiro atoms. The van der Waals surface area contributed by atoms with Gasteiger partial charge in [-0.2, -0.15) is 5.10 Å². The summed E-state index contributed by atoms with van der Waals surface area (Å²) in [6.07, 6.45) is 4.35. The third-order valence-electron chi connectivity index (χ3n) is 3.36. The van der Waals surface area contributed by atoms with Crippen LogP contribution in [0.2, 0.25) is 5.02 Å². The van der Waals surface area contributed by atoms with E-state index >= 15 is 0 Å². The molecule has 0 fully saturated rings. The van der Waals surface area contributed by atoms with Crippen molar-refractivity contribution in [3.8, 4) is 11.3 Å². The van der Waals surface area contributed by atoms with Gasteiger partial charge in [-0.05, 0) is 30.3 Å². The number of hydrazone groups is 1. The number of hydrogen-bond donors (Lipinski definition) is 1. The molecule has 0 aliphatic carbocycles. The summed E-state index contributed by atoms with van der Waals surface area (Å²) in [6, 6.07) is 10.5. The van der Waals surface area contributed by atoms with Crippen LogP contribution in [0.4, 0.5) is 5.69 Å². The van der Waals surface area contributed by atoms with Crippen molar-refractivity contribution in [2.24, 2.45) is 5.10 Å². The molecule has 0 radical (unpaired) electrons. The van der Waals surface area contributed by atoms with Crippen LogP contribution in [0, 0.1) is 10.1 Å².